The van der Waals surface area contributed by atoms with Crippen LogP contribution >= 0.6 is 0 Å². The average molecular weight is 252 g/mol. The summed E-state index contributed by atoms with van der Waals surface area (Å²) in [5.74, 6) is 0.210. The average Bonchev–Trinajstić information content (AvgIpc) is 2.71. The highest BCUT2D eigenvalue weighted by molar-refractivity contribution is 5.95. The van der Waals surface area contributed by atoms with Crippen molar-refractivity contribution in [2.45, 2.75) is 25.8 Å². The molecule has 1 saturated heterocycles. The molecule has 1 atom stereocenters. The van der Waals surface area contributed by atoms with Crippen molar-refractivity contribution in [2.24, 2.45) is 7.05 Å². The number of aromatic nitrogens is 2. The molecule has 6 nitrogen and oxygen atoms in total. The molecule has 1 unspecified atom stereocenters. The smallest absolute Gasteiger partial charge is 0.243 e. The second-order valence-electron chi connectivity index (χ2n) is 4.83. The summed E-state index contributed by atoms with van der Waals surface area (Å²) in [5.41, 5.74) is 1.69. The molecule has 0 aromatic carbocycles. The predicted molar refractivity (Wildman–Crippen MR) is 68.5 cm³/mol. The Morgan fingerprint density at radius 3 is 3.06 bits per heavy atom. The van der Waals surface area contributed by atoms with Crippen molar-refractivity contribution in [3.63, 3.8) is 0 Å². The van der Waals surface area contributed by atoms with Gasteiger partial charge in [-0.3, -0.25) is 9.48 Å². The predicted octanol–water partition coefficient (Wildman–Crippen LogP) is 0.470. The summed E-state index contributed by atoms with van der Waals surface area (Å²) in [7, 11) is 1.85. The van der Waals surface area contributed by atoms with Crippen LogP contribution in [0.5, 0.6) is 0 Å². The summed E-state index contributed by atoms with van der Waals surface area (Å²) >= 11 is 0. The maximum absolute atomic E-state index is 12.1. The van der Waals surface area contributed by atoms with Crippen molar-refractivity contribution in [3.8, 4) is 0 Å². The minimum absolute atomic E-state index is 0.0652. The van der Waals surface area contributed by atoms with Crippen LogP contribution in [0.1, 0.15) is 25.5 Å². The third kappa shape index (κ3) is 2.88. The number of rotatable bonds is 3. The molecule has 1 aromatic heterocycles. The first kappa shape index (κ1) is 13.0. The van der Waals surface area contributed by atoms with Crippen LogP contribution in [0.4, 0.5) is 5.69 Å². The lowest BCUT2D eigenvalue weighted by Gasteiger charge is -2.22. The number of nitrogens with zero attached hydrogens (tertiary/aromatic N) is 2. The molecule has 0 spiro atoms. The van der Waals surface area contributed by atoms with Crippen LogP contribution in [0.25, 0.3) is 0 Å². The van der Waals surface area contributed by atoms with E-state index in [2.05, 4.69) is 29.6 Å². The SMILES string of the molecule is CC(C)c1nn(C)cc1NC(=O)C1COCCN1. The lowest BCUT2D eigenvalue weighted by molar-refractivity contribution is -0.120. The van der Waals surface area contributed by atoms with Gasteiger partial charge in [0.05, 0.1) is 24.6 Å². The highest BCUT2D eigenvalue weighted by atomic mass is 16.5. The number of aryl methyl sites for hydroxylation is 1. The van der Waals surface area contributed by atoms with E-state index >= 15 is 0 Å². The zero-order valence-electron chi connectivity index (χ0n) is 11.1. The van der Waals surface area contributed by atoms with E-state index in [4.69, 9.17) is 4.74 Å². The summed E-state index contributed by atoms with van der Waals surface area (Å²) in [6.45, 7) is 5.90. The molecule has 2 heterocycles. The Bertz CT molecular complexity index is 422. The van der Waals surface area contributed by atoms with Gasteiger partial charge in [0, 0.05) is 19.8 Å². The fraction of sp³-hybridized carbons (Fsp3) is 0.667. The van der Waals surface area contributed by atoms with Gasteiger partial charge in [0.1, 0.15) is 6.04 Å². The number of morpholine rings is 1. The van der Waals surface area contributed by atoms with Crippen LogP contribution in [0.3, 0.4) is 0 Å². The van der Waals surface area contributed by atoms with E-state index in [0.717, 1.165) is 11.4 Å². The quantitative estimate of drug-likeness (QED) is 0.820. The Hall–Kier alpha value is -1.40. The molecule has 0 radical (unpaired) electrons. The van der Waals surface area contributed by atoms with Gasteiger partial charge in [-0.1, -0.05) is 13.8 Å². The number of carbonyl (C=O) groups excluding carboxylic acids is 1. The van der Waals surface area contributed by atoms with Crippen molar-refractivity contribution >= 4 is 11.6 Å². The molecule has 1 amide bonds. The zero-order valence-corrected chi connectivity index (χ0v) is 11.1. The van der Waals surface area contributed by atoms with E-state index in [-0.39, 0.29) is 17.9 Å². The van der Waals surface area contributed by atoms with Crippen molar-refractivity contribution in [1.29, 1.82) is 0 Å². The van der Waals surface area contributed by atoms with Crippen LogP contribution in [0, 0.1) is 0 Å². The third-order valence-electron chi connectivity index (χ3n) is 2.90. The first-order valence-electron chi connectivity index (χ1n) is 6.23. The minimum Gasteiger partial charge on any atom is -0.378 e. The topological polar surface area (TPSA) is 68.2 Å². The summed E-state index contributed by atoms with van der Waals surface area (Å²) in [5, 5.41) is 10.4. The summed E-state index contributed by atoms with van der Waals surface area (Å²) in [4.78, 5) is 12.1. The van der Waals surface area contributed by atoms with Gasteiger partial charge in [0.25, 0.3) is 0 Å². The van der Waals surface area contributed by atoms with Gasteiger partial charge in [0.2, 0.25) is 5.91 Å². The Labute approximate surface area is 107 Å². The first-order chi connectivity index (χ1) is 8.58. The van der Waals surface area contributed by atoms with Gasteiger partial charge >= 0.3 is 0 Å². The number of ether oxygens (including phenoxy) is 1. The number of hydrogen-bond donors (Lipinski definition) is 2. The first-order valence-corrected chi connectivity index (χ1v) is 6.23. The second-order valence-corrected chi connectivity index (χ2v) is 4.83. The van der Waals surface area contributed by atoms with E-state index in [1.165, 1.54) is 0 Å². The van der Waals surface area contributed by atoms with Gasteiger partial charge in [-0.2, -0.15) is 5.10 Å². The number of nitrogens with one attached hydrogen (secondary N) is 2. The maximum atomic E-state index is 12.1. The molecule has 100 valence electrons. The number of amides is 1. The van der Waals surface area contributed by atoms with E-state index in [1.807, 2.05) is 13.2 Å². The molecule has 6 heteroatoms. The van der Waals surface area contributed by atoms with Gasteiger partial charge in [0.15, 0.2) is 0 Å². The Morgan fingerprint density at radius 2 is 2.44 bits per heavy atom. The maximum Gasteiger partial charge on any atom is 0.243 e. The van der Waals surface area contributed by atoms with Gasteiger partial charge in [-0.05, 0) is 5.92 Å². The van der Waals surface area contributed by atoms with Crippen molar-refractivity contribution in [2.75, 3.05) is 25.1 Å². The fourth-order valence-electron chi connectivity index (χ4n) is 1.98. The largest absolute Gasteiger partial charge is 0.378 e. The highest BCUT2D eigenvalue weighted by Crippen LogP contribution is 2.22. The van der Waals surface area contributed by atoms with Crippen molar-refractivity contribution in [3.05, 3.63) is 11.9 Å². The van der Waals surface area contributed by atoms with Crippen LogP contribution in [-0.2, 0) is 16.6 Å². The Morgan fingerprint density at radius 1 is 1.67 bits per heavy atom. The molecular formula is C12H20N4O2. The van der Waals surface area contributed by atoms with Crippen molar-refractivity contribution in [1.82, 2.24) is 15.1 Å². The van der Waals surface area contributed by atoms with Gasteiger partial charge in [-0.25, -0.2) is 0 Å². The summed E-state index contributed by atoms with van der Waals surface area (Å²) in [6.07, 6.45) is 1.83. The van der Waals surface area contributed by atoms with Crippen LogP contribution in [0.15, 0.2) is 6.20 Å². The van der Waals surface area contributed by atoms with Crippen molar-refractivity contribution < 1.29 is 9.53 Å². The Kier molecular flexibility index (Phi) is 3.98. The molecule has 2 N–H and O–H groups in total. The molecule has 1 fully saturated rings. The van der Waals surface area contributed by atoms with E-state index in [1.54, 1.807) is 4.68 Å². The molecule has 18 heavy (non-hydrogen) atoms. The summed E-state index contributed by atoms with van der Waals surface area (Å²) in [6, 6.07) is -0.279. The molecular weight excluding hydrogens is 232 g/mol. The highest BCUT2D eigenvalue weighted by Gasteiger charge is 2.23. The van der Waals surface area contributed by atoms with E-state index in [9.17, 15) is 4.79 Å². The van der Waals surface area contributed by atoms with Crippen LogP contribution in [-0.4, -0.2) is 41.5 Å². The molecule has 2 rings (SSSR count). The molecule has 1 aliphatic rings. The molecule has 0 bridgehead atoms. The van der Waals surface area contributed by atoms with E-state index < -0.39 is 0 Å². The number of anilines is 1. The Balaban J connectivity index is 2.06. The normalized spacial score (nSPS) is 20.1. The molecule has 1 aromatic rings. The molecule has 0 saturated carbocycles. The second kappa shape index (κ2) is 5.49. The van der Waals surface area contributed by atoms with Gasteiger partial charge < -0.3 is 15.4 Å². The van der Waals surface area contributed by atoms with Crippen LogP contribution in [0.2, 0.25) is 0 Å². The molecule has 1 aliphatic heterocycles. The lowest BCUT2D eigenvalue weighted by atomic mass is 10.1. The van der Waals surface area contributed by atoms with Crippen LogP contribution < -0.4 is 10.6 Å². The monoisotopic (exact) mass is 252 g/mol. The number of hydrogen-bond acceptors (Lipinski definition) is 4. The number of carbonyl (C=O) groups is 1. The minimum atomic E-state index is -0.279. The summed E-state index contributed by atoms with van der Waals surface area (Å²) < 4.78 is 7.00. The van der Waals surface area contributed by atoms with E-state index in [0.29, 0.717) is 19.8 Å². The fourth-order valence-corrected chi connectivity index (χ4v) is 1.98. The molecule has 0 aliphatic carbocycles. The standard InChI is InChI=1S/C12H20N4O2/c1-8(2)11-9(6-16(3)15-11)14-12(17)10-7-18-5-4-13-10/h6,8,10,13H,4-5,7H2,1-3H3,(H,14,17). The van der Waals surface area contributed by atoms with Gasteiger partial charge in [-0.15, -0.1) is 0 Å². The lowest BCUT2D eigenvalue weighted by Crippen LogP contribution is -2.48. The third-order valence-corrected chi connectivity index (χ3v) is 2.90. The zero-order chi connectivity index (χ0) is 13.1.